The van der Waals surface area contributed by atoms with Crippen LogP contribution in [-0.4, -0.2) is 23.4 Å². The van der Waals surface area contributed by atoms with Crippen molar-refractivity contribution in [2.45, 2.75) is 20.8 Å². The van der Waals surface area contributed by atoms with Crippen molar-refractivity contribution >= 4 is 38.2 Å². The summed E-state index contributed by atoms with van der Waals surface area (Å²) in [6.45, 7) is 7.30. The van der Waals surface area contributed by atoms with Gasteiger partial charge in [0.1, 0.15) is 5.82 Å². The van der Waals surface area contributed by atoms with E-state index in [9.17, 15) is 0 Å². The van der Waals surface area contributed by atoms with E-state index in [2.05, 4.69) is 50.5 Å². The van der Waals surface area contributed by atoms with E-state index in [1.807, 2.05) is 38.1 Å². The minimum Gasteiger partial charge on any atom is -0.490 e. The van der Waals surface area contributed by atoms with Crippen molar-refractivity contribution in [3.8, 4) is 22.8 Å². The molecule has 0 fully saturated rings. The fraction of sp³-hybridized carbons (Fsp3) is 0.238. The lowest BCUT2D eigenvalue weighted by molar-refractivity contribution is 0.288. The van der Waals surface area contributed by atoms with Gasteiger partial charge in [0.05, 0.1) is 18.9 Å². The van der Waals surface area contributed by atoms with Gasteiger partial charge in [-0.15, -0.1) is 0 Å². The predicted octanol–water partition coefficient (Wildman–Crippen LogP) is 6.21. The first-order chi connectivity index (χ1) is 13.1. The van der Waals surface area contributed by atoms with Crippen molar-refractivity contribution < 1.29 is 9.47 Å². The van der Waals surface area contributed by atoms with Crippen LogP contribution in [-0.2, 0) is 0 Å². The standard InChI is InChI=1S/C21H22BrN3O2/c1-4-26-17-10-15-12(3)19-20(16(15)11-18(17)27-5-2)24-25-21(19)23-14-8-6-7-13(22)9-14/h6-11,23-25H,4-5H2,1-3H3. The molecule has 0 radical (unpaired) electrons. The van der Waals surface area contributed by atoms with Crippen LogP contribution < -0.4 is 14.8 Å². The molecule has 0 saturated carbocycles. The fourth-order valence-electron chi connectivity index (χ4n) is 3.50. The summed E-state index contributed by atoms with van der Waals surface area (Å²) in [6.07, 6.45) is 0. The molecule has 3 N–H and O–H groups in total. The van der Waals surface area contributed by atoms with Gasteiger partial charge in [0, 0.05) is 21.1 Å². The maximum Gasteiger partial charge on any atom is 0.161 e. The Morgan fingerprint density at radius 1 is 0.963 bits per heavy atom. The molecule has 4 rings (SSSR count). The number of anilines is 2. The SMILES string of the molecule is CCOc1cc2c3[nH][nH]c(Nc4cccc(Br)c4)c-3c(C)c2cc1OCC. The summed E-state index contributed by atoms with van der Waals surface area (Å²) in [7, 11) is 0. The fourth-order valence-corrected chi connectivity index (χ4v) is 3.90. The van der Waals surface area contributed by atoms with E-state index in [1.54, 1.807) is 0 Å². The van der Waals surface area contributed by atoms with Gasteiger partial charge < -0.3 is 14.8 Å². The molecule has 0 atom stereocenters. The topological polar surface area (TPSA) is 62.1 Å². The monoisotopic (exact) mass is 427 g/mol. The lowest BCUT2D eigenvalue weighted by atomic mass is 10.1. The van der Waals surface area contributed by atoms with Crippen LogP contribution in [0, 0.1) is 6.92 Å². The zero-order chi connectivity index (χ0) is 19.0. The van der Waals surface area contributed by atoms with Crippen LogP contribution in [0.5, 0.6) is 11.5 Å². The summed E-state index contributed by atoms with van der Waals surface area (Å²) < 4.78 is 12.6. The Morgan fingerprint density at radius 2 is 1.67 bits per heavy atom. The molecule has 140 valence electrons. The summed E-state index contributed by atoms with van der Waals surface area (Å²) in [5.41, 5.74) is 4.40. The number of hydrogen-bond donors (Lipinski definition) is 3. The van der Waals surface area contributed by atoms with E-state index in [4.69, 9.17) is 9.47 Å². The van der Waals surface area contributed by atoms with Gasteiger partial charge in [0.15, 0.2) is 11.5 Å². The summed E-state index contributed by atoms with van der Waals surface area (Å²) in [4.78, 5) is 0. The van der Waals surface area contributed by atoms with Crippen molar-refractivity contribution in [2.75, 3.05) is 18.5 Å². The molecule has 0 spiro atoms. The third-order valence-electron chi connectivity index (χ3n) is 4.64. The van der Waals surface area contributed by atoms with Crippen molar-refractivity contribution in [2.24, 2.45) is 0 Å². The number of halogens is 1. The Hall–Kier alpha value is -2.60. The van der Waals surface area contributed by atoms with Gasteiger partial charge in [0.2, 0.25) is 0 Å². The number of ether oxygens (including phenoxy) is 2. The second-order valence-electron chi connectivity index (χ2n) is 6.35. The maximum atomic E-state index is 5.80. The van der Waals surface area contributed by atoms with E-state index in [1.165, 1.54) is 5.56 Å². The summed E-state index contributed by atoms with van der Waals surface area (Å²) in [5, 5.41) is 12.3. The summed E-state index contributed by atoms with van der Waals surface area (Å²) in [6, 6.07) is 12.2. The van der Waals surface area contributed by atoms with E-state index < -0.39 is 0 Å². The second-order valence-corrected chi connectivity index (χ2v) is 7.26. The Morgan fingerprint density at radius 3 is 2.33 bits per heavy atom. The van der Waals surface area contributed by atoms with Crippen LogP contribution in [0.15, 0.2) is 40.9 Å². The first kappa shape index (κ1) is 17.8. The van der Waals surface area contributed by atoms with Crippen LogP contribution in [0.2, 0.25) is 0 Å². The number of nitrogens with one attached hydrogen (secondary N) is 3. The average Bonchev–Trinajstić information content (AvgIpc) is 3.16. The molecular formula is C21H22BrN3O2. The Kier molecular flexibility index (Phi) is 4.74. The van der Waals surface area contributed by atoms with Gasteiger partial charge in [-0.05, 0) is 62.1 Å². The van der Waals surface area contributed by atoms with Gasteiger partial charge in [-0.3, -0.25) is 10.2 Å². The lowest BCUT2D eigenvalue weighted by Gasteiger charge is -2.11. The molecule has 5 nitrogen and oxygen atoms in total. The maximum absolute atomic E-state index is 5.80. The molecule has 2 aromatic rings. The third-order valence-corrected chi connectivity index (χ3v) is 5.13. The van der Waals surface area contributed by atoms with E-state index in [0.717, 1.165) is 49.5 Å². The molecule has 1 aliphatic heterocycles. The van der Waals surface area contributed by atoms with E-state index >= 15 is 0 Å². The molecular weight excluding hydrogens is 406 g/mol. The molecule has 0 aromatic heterocycles. The second kappa shape index (κ2) is 7.19. The third kappa shape index (κ3) is 3.14. The number of aromatic amines is 2. The van der Waals surface area contributed by atoms with E-state index in [0.29, 0.717) is 13.2 Å². The number of benzene rings is 2. The number of fused-ring (bicyclic) bond motifs is 3. The van der Waals surface area contributed by atoms with Crippen LogP contribution >= 0.6 is 15.9 Å². The van der Waals surface area contributed by atoms with Crippen LogP contribution in [0.3, 0.4) is 0 Å². The Labute approximate surface area is 166 Å². The molecule has 0 unspecified atom stereocenters. The molecule has 1 heterocycles. The number of hydrogen-bond acceptors (Lipinski definition) is 3. The van der Waals surface area contributed by atoms with Crippen LogP contribution in [0.25, 0.3) is 22.0 Å². The highest BCUT2D eigenvalue weighted by atomic mass is 79.9. The van der Waals surface area contributed by atoms with Gasteiger partial charge in [-0.2, -0.15) is 0 Å². The van der Waals surface area contributed by atoms with Gasteiger partial charge in [0.25, 0.3) is 0 Å². The van der Waals surface area contributed by atoms with Crippen molar-refractivity contribution in [3.63, 3.8) is 0 Å². The van der Waals surface area contributed by atoms with Crippen molar-refractivity contribution in [1.29, 1.82) is 0 Å². The lowest BCUT2D eigenvalue weighted by Crippen LogP contribution is -1.98. The highest BCUT2D eigenvalue weighted by Crippen LogP contribution is 2.46. The van der Waals surface area contributed by atoms with Gasteiger partial charge >= 0.3 is 0 Å². The Balaban J connectivity index is 1.83. The smallest absolute Gasteiger partial charge is 0.161 e. The van der Waals surface area contributed by atoms with Gasteiger partial charge in [-0.1, -0.05) is 22.0 Å². The van der Waals surface area contributed by atoms with Crippen LogP contribution in [0.4, 0.5) is 11.5 Å². The number of rotatable bonds is 6. The molecule has 2 aliphatic rings. The molecule has 0 amide bonds. The largest absolute Gasteiger partial charge is 0.490 e. The number of aromatic nitrogens is 2. The predicted molar refractivity (Wildman–Crippen MR) is 114 cm³/mol. The van der Waals surface area contributed by atoms with Crippen molar-refractivity contribution in [1.82, 2.24) is 10.2 Å². The molecule has 6 heteroatoms. The molecule has 0 saturated heterocycles. The minimum absolute atomic E-state index is 0.598. The zero-order valence-corrected chi connectivity index (χ0v) is 17.2. The van der Waals surface area contributed by atoms with E-state index in [-0.39, 0.29) is 0 Å². The molecule has 27 heavy (non-hydrogen) atoms. The minimum atomic E-state index is 0.598. The first-order valence-corrected chi connectivity index (χ1v) is 9.86. The number of aryl methyl sites for hydroxylation is 1. The summed E-state index contributed by atoms with van der Waals surface area (Å²) >= 11 is 3.52. The first-order valence-electron chi connectivity index (χ1n) is 9.06. The number of H-pyrrole nitrogens is 2. The highest BCUT2D eigenvalue weighted by Gasteiger charge is 2.23. The van der Waals surface area contributed by atoms with Crippen LogP contribution in [0.1, 0.15) is 19.4 Å². The molecule has 0 bridgehead atoms. The normalized spacial score (nSPS) is 11.3. The van der Waals surface area contributed by atoms with Crippen molar-refractivity contribution in [3.05, 3.63) is 46.4 Å². The van der Waals surface area contributed by atoms with Gasteiger partial charge in [-0.25, -0.2) is 0 Å². The molecule has 1 aliphatic carbocycles. The average molecular weight is 428 g/mol. The quantitative estimate of drug-likeness (QED) is 0.342. The molecule has 2 aromatic carbocycles. The Bertz CT molecular complexity index is 1070. The highest BCUT2D eigenvalue weighted by molar-refractivity contribution is 9.10. The zero-order valence-electron chi connectivity index (χ0n) is 15.6. The summed E-state index contributed by atoms with van der Waals surface area (Å²) in [5.74, 6) is 2.50.